The van der Waals surface area contributed by atoms with E-state index in [1.807, 2.05) is 56.3 Å². The third-order valence-corrected chi connectivity index (χ3v) is 6.22. The van der Waals surface area contributed by atoms with Gasteiger partial charge in [-0.2, -0.15) is 0 Å². The molecule has 0 spiro atoms. The van der Waals surface area contributed by atoms with Gasteiger partial charge in [-0.25, -0.2) is 13.1 Å². The van der Waals surface area contributed by atoms with Crippen molar-refractivity contribution >= 4 is 16.1 Å². The number of rotatable bonds is 5. The Bertz CT molecular complexity index is 916. The smallest absolute Gasteiger partial charge is 0.237 e. The van der Waals surface area contributed by atoms with E-state index in [0.717, 1.165) is 23.1 Å². The molecule has 0 bridgehead atoms. The van der Waals surface area contributed by atoms with Crippen LogP contribution in [-0.4, -0.2) is 15.5 Å². The first-order valence-electron chi connectivity index (χ1n) is 8.36. The number of nitrogens with one attached hydrogen (secondary N) is 1. The van der Waals surface area contributed by atoms with Gasteiger partial charge in [0.1, 0.15) is 5.75 Å². The minimum atomic E-state index is -3.56. The van der Waals surface area contributed by atoms with Gasteiger partial charge in [0.2, 0.25) is 10.0 Å². The molecule has 0 heterocycles. The number of methoxy groups -OCH3 is 1. The van der Waals surface area contributed by atoms with Gasteiger partial charge in [-0.15, -0.1) is 0 Å². The molecule has 1 atom stereocenters. The Labute approximate surface area is 149 Å². The highest BCUT2D eigenvalue weighted by Gasteiger charge is 2.25. The van der Waals surface area contributed by atoms with Crippen LogP contribution in [0, 0.1) is 6.92 Å². The Morgan fingerprint density at radius 2 is 1.88 bits per heavy atom. The summed E-state index contributed by atoms with van der Waals surface area (Å²) < 4.78 is 33.9. The van der Waals surface area contributed by atoms with Crippen LogP contribution in [0.15, 0.2) is 47.4 Å². The largest absolute Gasteiger partial charge is 0.496 e. The maximum Gasteiger partial charge on any atom is 0.237 e. The third kappa shape index (κ3) is 3.78. The topological polar surface area (TPSA) is 55.4 Å². The molecule has 0 radical (unpaired) electrons. The van der Waals surface area contributed by atoms with Crippen molar-refractivity contribution in [1.82, 2.24) is 4.72 Å². The molecule has 0 amide bonds. The summed E-state index contributed by atoms with van der Waals surface area (Å²) in [5.74, 6) is 0.684. The summed E-state index contributed by atoms with van der Waals surface area (Å²) >= 11 is 0. The maximum atomic E-state index is 12.8. The summed E-state index contributed by atoms with van der Waals surface area (Å²) in [5, 5.41) is 0. The standard InChI is InChI=1S/C20H23NO3S/c1-14-8-11-20(24-3)19(12-14)15(2)21-25(22,23)18-10-9-16-6-4-5-7-17(16)13-18/h4-8,11-13,15,21H,9-10H2,1-3H3. The predicted octanol–water partition coefficient (Wildman–Crippen LogP) is 3.97. The number of aryl methyl sites for hydroxylation is 2. The number of fused-ring (bicyclic) bond motifs is 1. The fourth-order valence-corrected chi connectivity index (χ4v) is 4.58. The van der Waals surface area contributed by atoms with Crippen molar-refractivity contribution < 1.29 is 13.2 Å². The molecule has 1 unspecified atom stereocenters. The van der Waals surface area contributed by atoms with Crippen molar-refractivity contribution in [2.45, 2.75) is 32.7 Å². The van der Waals surface area contributed by atoms with Crippen LogP contribution in [0.4, 0.5) is 0 Å². The number of benzene rings is 2. The maximum absolute atomic E-state index is 12.8. The van der Waals surface area contributed by atoms with Crippen LogP contribution in [0.1, 0.15) is 41.6 Å². The molecule has 0 saturated heterocycles. The molecule has 0 saturated carbocycles. The molecule has 5 heteroatoms. The van der Waals surface area contributed by atoms with Crippen molar-refractivity contribution in [1.29, 1.82) is 0 Å². The molecular formula is C20H23NO3S. The third-order valence-electron chi connectivity index (χ3n) is 4.54. The Morgan fingerprint density at radius 1 is 1.12 bits per heavy atom. The van der Waals surface area contributed by atoms with Crippen molar-refractivity contribution in [2.24, 2.45) is 0 Å². The predicted molar refractivity (Wildman–Crippen MR) is 101 cm³/mol. The quantitative estimate of drug-likeness (QED) is 0.881. The van der Waals surface area contributed by atoms with Gasteiger partial charge in [0.05, 0.1) is 12.0 Å². The highest BCUT2D eigenvalue weighted by atomic mass is 32.2. The number of ether oxygens (including phenoxy) is 1. The Balaban J connectivity index is 1.87. The second-order valence-electron chi connectivity index (χ2n) is 6.40. The number of allylic oxidation sites excluding steroid dienone is 1. The lowest BCUT2D eigenvalue weighted by atomic mass is 9.98. The van der Waals surface area contributed by atoms with Crippen LogP contribution in [0.5, 0.6) is 5.75 Å². The molecule has 132 valence electrons. The van der Waals surface area contributed by atoms with Crippen LogP contribution in [0.3, 0.4) is 0 Å². The molecule has 0 fully saturated rings. The van der Waals surface area contributed by atoms with E-state index in [9.17, 15) is 8.42 Å². The molecule has 1 aliphatic rings. The normalized spacial score (nSPS) is 15.2. The number of sulfonamides is 1. The highest BCUT2D eigenvalue weighted by molar-refractivity contribution is 7.93. The number of hydrogen-bond acceptors (Lipinski definition) is 3. The Kier molecular flexibility index (Phi) is 4.97. The molecule has 2 aromatic rings. The van der Waals surface area contributed by atoms with Crippen LogP contribution < -0.4 is 9.46 Å². The van der Waals surface area contributed by atoms with E-state index >= 15 is 0 Å². The Morgan fingerprint density at radius 3 is 2.64 bits per heavy atom. The second kappa shape index (κ2) is 7.02. The van der Waals surface area contributed by atoms with Gasteiger partial charge in [0.15, 0.2) is 0 Å². The lowest BCUT2D eigenvalue weighted by Crippen LogP contribution is -2.29. The molecule has 25 heavy (non-hydrogen) atoms. The molecule has 0 aromatic heterocycles. The lowest BCUT2D eigenvalue weighted by Gasteiger charge is -2.21. The van der Waals surface area contributed by atoms with Crippen molar-refractivity contribution in [2.75, 3.05) is 7.11 Å². The molecule has 1 N–H and O–H groups in total. The zero-order chi connectivity index (χ0) is 18.0. The van der Waals surface area contributed by atoms with E-state index in [-0.39, 0.29) is 6.04 Å². The van der Waals surface area contributed by atoms with Gasteiger partial charge >= 0.3 is 0 Å². The molecule has 0 aliphatic heterocycles. The average Bonchev–Trinajstić information content (AvgIpc) is 2.60. The van der Waals surface area contributed by atoms with Crippen LogP contribution in [0.25, 0.3) is 6.08 Å². The van der Waals surface area contributed by atoms with Gasteiger partial charge in [-0.05, 0) is 50.0 Å². The minimum absolute atomic E-state index is 0.377. The van der Waals surface area contributed by atoms with Crippen LogP contribution >= 0.6 is 0 Å². The van der Waals surface area contributed by atoms with Crippen molar-refractivity contribution in [3.8, 4) is 5.75 Å². The molecule has 3 rings (SSSR count). The SMILES string of the molecule is COc1ccc(C)cc1C(C)NS(=O)(=O)C1=Cc2ccccc2CC1. The van der Waals surface area contributed by atoms with E-state index in [4.69, 9.17) is 4.74 Å². The summed E-state index contributed by atoms with van der Waals surface area (Å²) in [6.07, 6.45) is 3.04. The van der Waals surface area contributed by atoms with Crippen LogP contribution in [0.2, 0.25) is 0 Å². The van der Waals surface area contributed by atoms with E-state index in [2.05, 4.69) is 4.72 Å². The molecule has 4 nitrogen and oxygen atoms in total. The summed E-state index contributed by atoms with van der Waals surface area (Å²) in [6.45, 7) is 3.82. The molecule has 1 aliphatic carbocycles. The van der Waals surface area contributed by atoms with Gasteiger partial charge in [0.25, 0.3) is 0 Å². The fourth-order valence-electron chi connectivity index (χ4n) is 3.18. The van der Waals surface area contributed by atoms with E-state index < -0.39 is 10.0 Å². The molecular weight excluding hydrogens is 334 g/mol. The van der Waals surface area contributed by atoms with Crippen LogP contribution in [-0.2, 0) is 16.4 Å². The van der Waals surface area contributed by atoms with Gasteiger partial charge in [-0.3, -0.25) is 0 Å². The van der Waals surface area contributed by atoms with Crippen molar-refractivity contribution in [3.05, 3.63) is 69.6 Å². The minimum Gasteiger partial charge on any atom is -0.496 e. The summed E-state index contributed by atoms with van der Waals surface area (Å²) in [5.41, 5.74) is 4.07. The van der Waals surface area contributed by atoms with E-state index in [0.29, 0.717) is 17.1 Å². The first-order chi connectivity index (χ1) is 11.9. The van der Waals surface area contributed by atoms with Gasteiger partial charge < -0.3 is 4.74 Å². The summed E-state index contributed by atoms with van der Waals surface area (Å²) in [6, 6.07) is 13.3. The molecule has 2 aromatic carbocycles. The van der Waals surface area contributed by atoms with E-state index in [1.54, 1.807) is 13.2 Å². The first-order valence-corrected chi connectivity index (χ1v) is 9.84. The highest BCUT2D eigenvalue weighted by Crippen LogP contribution is 2.30. The monoisotopic (exact) mass is 357 g/mol. The first kappa shape index (κ1) is 17.7. The van der Waals surface area contributed by atoms with E-state index in [1.165, 1.54) is 5.56 Å². The van der Waals surface area contributed by atoms with Gasteiger partial charge in [0, 0.05) is 11.6 Å². The second-order valence-corrected chi connectivity index (χ2v) is 8.16. The Hall–Kier alpha value is -2.11. The number of hydrogen-bond donors (Lipinski definition) is 1. The summed E-state index contributed by atoms with van der Waals surface area (Å²) in [7, 11) is -1.96. The summed E-state index contributed by atoms with van der Waals surface area (Å²) in [4.78, 5) is 0.435. The van der Waals surface area contributed by atoms with Crippen molar-refractivity contribution in [3.63, 3.8) is 0 Å². The fraction of sp³-hybridized carbons (Fsp3) is 0.300. The average molecular weight is 357 g/mol. The lowest BCUT2D eigenvalue weighted by molar-refractivity contribution is 0.405. The zero-order valence-corrected chi connectivity index (χ0v) is 15.6. The zero-order valence-electron chi connectivity index (χ0n) is 14.7. The van der Waals surface area contributed by atoms with Gasteiger partial charge in [-0.1, -0.05) is 42.0 Å².